The van der Waals surface area contributed by atoms with E-state index < -0.39 is 0 Å². The SMILES string of the molecule is Cc1cc(C)n(C2CN(C(C)C(=O)Nc3ccc(Cl)cn3)C2)n1. The number of halogens is 1. The van der Waals surface area contributed by atoms with E-state index in [0.717, 1.165) is 24.5 Å². The van der Waals surface area contributed by atoms with Crippen molar-refractivity contribution in [3.63, 3.8) is 0 Å². The Balaban J connectivity index is 1.55. The van der Waals surface area contributed by atoms with Crippen molar-refractivity contribution < 1.29 is 4.79 Å². The van der Waals surface area contributed by atoms with Gasteiger partial charge in [-0.1, -0.05) is 11.6 Å². The molecule has 0 saturated carbocycles. The highest BCUT2D eigenvalue weighted by atomic mass is 35.5. The standard InChI is InChI=1S/C16H20ClN5O/c1-10-6-11(2)22(20-10)14-8-21(9-14)12(3)16(23)19-15-5-4-13(17)7-18-15/h4-7,12,14H,8-9H2,1-3H3,(H,18,19,23). The van der Waals surface area contributed by atoms with Gasteiger partial charge in [-0.25, -0.2) is 4.98 Å². The number of carbonyl (C=O) groups is 1. The van der Waals surface area contributed by atoms with Crippen LogP contribution in [0.3, 0.4) is 0 Å². The molecule has 1 fully saturated rings. The minimum Gasteiger partial charge on any atom is -0.309 e. The number of aryl methyl sites for hydroxylation is 2. The maximum Gasteiger partial charge on any atom is 0.242 e. The molecule has 2 aromatic heterocycles. The van der Waals surface area contributed by atoms with Crippen LogP contribution in [0, 0.1) is 13.8 Å². The van der Waals surface area contributed by atoms with Crippen molar-refractivity contribution in [2.45, 2.75) is 32.9 Å². The van der Waals surface area contributed by atoms with Crippen LogP contribution in [-0.4, -0.2) is 44.7 Å². The molecule has 1 aliphatic rings. The molecular formula is C16H20ClN5O. The van der Waals surface area contributed by atoms with E-state index in [1.54, 1.807) is 12.1 Å². The van der Waals surface area contributed by atoms with Crippen LogP contribution in [0.4, 0.5) is 5.82 Å². The smallest absolute Gasteiger partial charge is 0.242 e. The van der Waals surface area contributed by atoms with Gasteiger partial charge < -0.3 is 5.32 Å². The summed E-state index contributed by atoms with van der Waals surface area (Å²) in [5.74, 6) is 0.452. The summed E-state index contributed by atoms with van der Waals surface area (Å²) in [7, 11) is 0. The molecule has 0 aromatic carbocycles. The van der Waals surface area contributed by atoms with Crippen LogP contribution in [0.5, 0.6) is 0 Å². The molecule has 0 radical (unpaired) electrons. The number of hydrogen-bond donors (Lipinski definition) is 1. The van der Waals surface area contributed by atoms with Crippen LogP contribution in [-0.2, 0) is 4.79 Å². The minimum atomic E-state index is -0.208. The molecule has 122 valence electrons. The van der Waals surface area contributed by atoms with Gasteiger partial charge in [0.15, 0.2) is 0 Å². The van der Waals surface area contributed by atoms with E-state index in [2.05, 4.69) is 38.0 Å². The lowest BCUT2D eigenvalue weighted by Gasteiger charge is -2.42. The van der Waals surface area contributed by atoms with Crippen LogP contribution in [0.25, 0.3) is 0 Å². The Hall–Kier alpha value is -1.92. The molecule has 6 nitrogen and oxygen atoms in total. The summed E-state index contributed by atoms with van der Waals surface area (Å²) in [5, 5.41) is 7.88. The molecule has 1 aliphatic heterocycles. The summed E-state index contributed by atoms with van der Waals surface area (Å²) >= 11 is 5.79. The third-order valence-corrected chi connectivity index (χ3v) is 4.41. The summed E-state index contributed by atoms with van der Waals surface area (Å²) in [6, 6.07) is 5.61. The van der Waals surface area contributed by atoms with Crippen molar-refractivity contribution in [3.05, 3.63) is 40.8 Å². The van der Waals surface area contributed by atoms with Gasteiger partial charge in [0.25, 0.3) is 0 Å². The fourth-order valence-corrected chi connectivity index (χ4v) is 2.93. The summed E-state index contributed by atoms with van der Waals surface area (Å²) in [6.45, 7) is 7.61. The molecule has 1 amide bonds. The second-order valence-electron chi connectivity index (χ2n) is 6.01. The van der Waals surface area contributed by atoms with Crippen molar-refractivity contribution in [2.24, 2.45) is 0 Å². The van der Waals surface area contributed by atoms with E-state index >= 15 is 0 Å². The first-order chi connectivity index (χ1) is 10.9. The molecule has 3 heterocycles. The third kappa shape index (κ3) is 3.38. The number of carbonyl (C=O) groups excluding carboxylic acids is 1. The highest BCUT2D eigenvalue weighted by Gasteiger charge is 2.35. The van der Waals surface area contributed by atoms with E-state index in [1.165, 1.54) is 6.20 Å². The first-order valence-electron chi connectivity index (χ1n) is 7.63. The van der Waals surface area contributed by atoms with Gasteiger partial charge in [-0.2, -0.15) is 5.10 Å². The lowest BCUT2D eigenvalue weighted by molar-refractivity contribution is -0.123. The van der Waals surface area contributed by atoms with Crippen LogP contribution >= 0.6 is 11.6 Å². The second-order valence-corrected chi connectivity index (χ2v) is 6.44. The van der Waals surface area contributed by atoms with Crippen molar-refractivity contribution in [2.75, 3.05) is 18.4 Å². The van der Waals surface area contributed by atoms with E-state index in [1.807, 2.05) is 13.8 Å². The molecule has 0 bridgehead atoms. The van der Waals surface area contributed by atoms with Gasteiger partial charge in [-0.05, 0) is 39.0 Å². The molecule has 1 saturated heterocycles. The molecule has 0 spiro atoms. The highest BCUT2D eigenvalue weighted by Crippen LogP contribution is 2.25. The number of nitrogens with one attached hydrogen (secondary N) is 1. The van der Waals surface area contributed by atoms with Gasteiger partial charge >= 0.3 is 0 Å². The van der Waals surface area contributed by atoms with Gasteiger partial charge in [0.1, 0.15) is 5.82 Å². The molecule has 1 N–H and O–H groups in total. The first-order valence-corrected chi connectivity index (χ1v) is 8.01. The van der Waals surface area contributed by atoms with Crippen molar-refractivity contribution in [1.29, 1.82) is 0 Å². The van der Waals surface area contributed by atoms with Crippen molar-refractivity contribution >= 4 is 23.3 Å². The van der Waals surface area contributed by atoms with Crippen LogP contribution in [0.15, 0.2) is 24.4 Å². The Bertz CT molecular complexity index is 706. The maximum atomic E-state index is 12.3. The molecule has 2 aromatic rings. The van der Waals surface area contributed by atoms with Crippen molar-refractivity contribution in [3.8, 4) is 0 Å². The zero-order valence-corrected chi connectivity index (χ0v) is 14.2. The van der Waals surface area contributed by atoms with Crippen LogP contribution < -0.4 is 5.32 Å². The zero-order chi connectivity index (χ0) is 16.6. The maximum absolute atomic E-state index is 12.3. The summed E-state index contributed by atoms with van der Waals surface area (Å²) < 4.78 is 2.05. The number of pyridine rings is 1. The monoisotopic (exact) mass is 333 g/mol. The van der Waals surface area contributed by atoms with E-state index in [4.69, 9.17) is 11.6 Å². The number of nitrogens with zero attached hydrogens (tertiary/aromatic N) is 4. The van der Waals surface area contributed by atoms with Crippen LogP contribution in [0.2, 0.25) is 5.02 Å². The number of rotatable bonds is 4. The topological polar surface area (TPSA) is 63.1 Å². The number of hydrogen-bond acceptors (Lipinski definition) is 4. The van der Waals surface area contributed by atoms with Gasteiger partial charge in [-0.15, -0.1) is 0 Å². The van der Waals surface area contributed by atoms with Gasteiger partial charge in [-0.3, -0.25) is 14.4 Å². The minimum absolute atomic E-state index is 0.0633. The quantitative estimate of drug-likeness (QED) is 0.933. The van der Waals surface area contributed by atoms with Gasteiger partial charge in [0.2, 0.25) is 5.91 Å². The van der Waals surface area contributed by atoms with Crippen molar-refractivity contribution in [1.82, 2.24) is 19.7 Å². The van der Waals surface area contributed by atoms with E-state index in [9.17, 15) is 4.79 Å². The summed E-state index contributed by atoms with van der Waals surface area (Å²) in [6.07, 6.45) is 1.52. The lowest BCUT2D eigenvalue weighted by Crippen LogP contribution is -2.55. The Morgan fingerprint density at radius 2 is 2.13 bits per heavy atom. The predicted molar refractivity (Wildman–Crippen MR) is 89.6 cm³/mol. The zero-order valence-electron chi connectivity index (χ0n) is 13.5. The Morgan fingerprint density at radius 1 is 1.39 bits per heavy atom. The Morgan fingerprint density at radius 3 is 2.70 bits per heavy atom. The van der Waals surface area contributed by atoms with Gasteiger partial charge in [0, 0.05) is 25.0 Å². The first kappa shape index (κ1) is 16.0. The predicted octanol–water partition coefficient (Wildman–Crippen LogP) is 2.43. The van der Waals surface area contributed by atoms with E-state index in [0.29, 0.717) is 16.9 Å². The number of amides is 1. The number of likely N-dealkylation sites (tertiary alicyclic amines) is 1. The Kier molecular flexibility index (Phi) is 4.37. The van der Waals surface area contributed by atoms with Gasteiger partial charge in [0.05, 0.1) is 22.8 Å². The molecule has 3 rings (SSSR count). The average Bonchev–Trinajstić information content (AvgIpc) is 2.78. The lowest BCUT2D eigenvalue weighted by atomic mass is 10.1. The molecular weight excluding hydrogens is 314 g/mol. The van der Waals surface area contributed by atoms with Crippen LogP contribution in [0.1, 0.15) is 24.4 Å². The number of anilines is 1. The number of aromatic nitrogens is 3. The van der Waals surface area contributed by atoms with E-state index in [-0.39, 0.29) is 11.9 Å². The summed E-state index contributed by atoms with van der Waals surface area (Å²) in [4.78, 5) is 18.5. The molecule has 1 unspecified atom stereocenters. The fourth-order valence-electron chi connectivity index (χ4n) is 2.82. The normalized spacial score (nSPS) is 16.9. The average molecular weight is 334 g/mol. The third-order valence-electron chi connectivity index (χ3n) is 4.19. The highest BCUT2D eigenvalue weighted by molar-refractivity contribution is 6.30. The second kappa shape index (κ2) is 6.29. The molecule has 23 heavy (non-hydrogen) atoms. The molecule has 7 heteroatoms. The fraction of sp³-hybridized carbons (Fsp3) is 0.438. The molecule has 0 aliphatic carbocycles. The molecule has 1 atom stereocenters. The summed E-state index contributed by atoms with van der Waals surface area (Å²) in [5.41, 5.74) is 2.19. The Labute approximate surface area is 140 Å². The largest absolute Gasteiger partial charge is 0.309 e.